The Morgan fingerprint density at radius 1 is 0.706 bits per heavy atom. The van der Waals surface area contributed by atoms with Gasteiger partial charge in [-0.3, -0.25) is 0 Å². The maximum atomic E-state index is 6.18. The van der Waals surface area contributed by atoms with Crippen LogP contribution in [0.1, 0.15) is 5.56 Å². The normalized spacial score (nSPS) is 11.2. The van der Waals surface area contributed by atoms with E-state index >= 15 is 0 Å². The van der Waals surface area contributed by atoms with Crippen LogP contribution < -0.4 is 0 Å². The minimum atomic E-state index is 0.698. The van der Waals surface area contributed by atoms with Gasteiger partial charge in [0.15, 0.2) is 0 Å². The van der Waals surface area contributed by atoms with Crippen molar-refractivity contribution < 1.29 is 0 Å². The molecule has 4 nitrogen and oxygen atoms in total. The number of hydrogen-bond acceptors (Lipinski definition) is 2. The number of para-hydroxylation sites is 3. The Kier molecular flexibility index (Phi) is 5.21. The van der Waals surface area contributed by atoms with E-state index in [1.165, 1.54) is 5.56 Å². The van der Waals surface area contributed by atoms with Crippen molar-refractivity contribution in [3.63, 3.8) is 0 Å². The highest BCUT2D eigenvalue weighted by Crippen LogP contribution is 2.34. The fraction of sp³-hybridized carbons (Fsp3) is 0.0345. The second-order valence-electron chi connectivity index (χ2n) is 8.17. The molecule has 0 atom stereocenters. The van der Waals surface area contributed by atoms with Gasteiger partial charge in [0, 0.05) is 23.3 Å². The van der Waals surface area contributed by atoms with Crippen molar-refractivity contribution in [3.05, 3.63) is 126 Å². The first-order chi connectivity index (χ1) is 16.8. The second-order valence-corrected chi connectivity index (χ2v) is 8.61. The summed E-state index contributed by atoms with van der Waals surface area (Å²) in [6.45, 7) is 0.716. The van der Waals surface area contributed by atoms with Crippen LogP contribution >= 0.6 is 11.6 Å². The van der Waals surface area contributed by atoms with Gasteiger partial charge in [-0.05, 0) is 42.0 Å². The third-order valence-electron chi connectivity index (χ3n) is 5.93. The van der Waals surface area contributed by atoms with Gasteiger partial charge >= 0.3 is 0 Å². The Morgan fingerprint density at radius 3 is 2.15 bits per heavy atom. The molecule has 0 aliphatic carbocycles. The maximum absolute atomic E-state index is 6.18. The van der Waals surface area contributed by atoms with E-state index < -0.39 is 0 Å². The molecule has 2 heterocycles. The van der Waals surface area contributed by atoms with Gasteiger partial charge in [-0.25, -0.2) is 9.67 Å². The van der Waals surface area contributed by atoms with Gasteiger partial charge in [0.05, 0.1) is 22.3 Å². The maximum Gasteiger partial charge on any atom is 0.145 e. The number of imidazole rings is 1. The van der Waals surface area contributed by atoms with E-state index in [9.17, 15) is 0 Å². The number of halogens is 1. The fourth-order valence-electron chi connectivity index (χ4n) is 4.28. The van der Waals surface area contributed by atoms with Crippen LogP contribution in [0.2, 0.25) is 5.02 Å². The van der Waals surface area contributed by atoms with Crippen LogP contribution in [0.3, 0.4) is 0 Å². The standard InChI is InChI=1S/C29H21ClN4/c30-23-17-15-22(16-18-23)28-25(20-34(32-28)24-11-5-2-6-12-24)29-31-26-13-7-8-14-27(26)33(29)19-21-9-3-1-4-10-21/h1-18,20H,19H2. The molecule has 2 aromatic heterocycles. The summed E-state index contributed by atoms with van der Waals surface area (Å²) in [7, 11) is 0. The van der Waals surface area contributed by atoms with E-state index in [0.29, 0.717) is 11.6 Å². The SMILES string of the molecule is Clc1ccc(-c2nn(-c3ccccc3)cc2-c2nc3ccccc3n2Cc2ccccc2)cc1. The minimum Gasteiger partial charge on any atom is -0.319 e. The summed E-state index contributed by atoms with van der Waals surface area (Å²) in [5, 5.41) is 5.69. The van der Waals surface area contributed by atoms with Crippen LogP contribution in [0.4, 0.5) is 0 Å². The Labute approximate surface area is 202 Å². The van der Waals surface area contributed by atoms with Crippen LogP contribution in [0.15, 0.2) is 115 Å². The smallest absolute Gasteiger partial charge is 0.145 e. The molecule has 6 aromatic rings. The first-order valence-corrected chi connectivity index (χ1v) is 11.5. The lowest BCUT2D eigenvalue weighted by atomic mass is 10.1. The molecule has 0 bridgehead atoms. The van der Waals surface area contributed by atoms with Crippen LogP contribution in [0.25, 0.3) is 39.4 Å². The largest absolute Gasteiger partial charge is 0.319 e. The lowest BCUT2D eigenvalue weighted by Gasteiger charge is -2.10. The summed E-state index contributed by atoms with van der Waals surface area (Å²) >= 11 is 6.18. The van der Waals surface area contributed by atoms with E-state index in [4.69, 9.17) is 21.7 Å². The molecule has 0 amide bonds. The van der Waals surface area contributed by atoms with Gasteiger partial charge in [0.25, 0.3) is 0 Å². The number of aromatic nitrogens is 4. The quantitative estimate of drug-likeness (QED) is 0.271. The summed E-state index contributed by atoms with van der Waals surface area (Å²) in [4.78, 5) is 5.07. The van der Waals surface area contributed by atoms with Crippen molar-refractivity contribution in [1.29, 1.82) is 0 Å². The summed E-state index contributed by atoms with van der Waals surface area (Å²) < 4.78 is 4.20. The van der Waals surface area contributed by atoms with Crippen molar-refractivity contribution in [2.75, 3.05) is 0 Å². The topological polar surface area (TPSA) is 35.6 Å². The molecule has 6 rings (SSSR count). The van der Waals surface area contributed by atoms with E-state index in [1.54, 1.807) is 0 Å². The van der Waals surface area contributed by atoms with Crippen molar-refractivity contribution >= 4 is 22.6 Å². The molecule has 0 aliphatic rings. The van der Waals surface area contributed by atoms with Crippen molar-refractivity contribution in [1.82, 2.24) is 19.3 Å². The number of benzene rings is 4. The summed E-state index contributed by atoms with van der Waals surface area (Å²) in [5.74, 6) is 0.886. The predicted molar refractivity (Wildman–Crippen MR) is 138 cm³/mol. The average molecular weight is 461 g/mol. The van der Waals surface area contributed by atoms with Gasteiger partial charge < -0.3 is 4.57 Å². The molecule has 0 saturated carbocycles. The Balaban J connectivity index is 1.59. The van der Waals surface area contributed by atoms with Gasteiger partial charge in [-0.15, -0.1) is 0 Å². The van der Waals surface area contributed by atoms with Crippen LogP contribution in [0, 0.1) is 0 Å². The molecular weight excluding hydrogens is 440 g/mol. The fourth-order valence-corrected chi connectivity index (χ4v) is 4.40. The Bertz CT molecular complexity index is 1570. The highest BCUT2D eigenvalue weighted by atomic mass is 35.5. The Morgan fingerprint density at radius 2 is 1.38 bits per heavy atom. The number of hydrogen-bond donors (Lipinski definition) is 0. The lowest BCUT2D eigenvalue weighted by molar-refractivity contribution is 0.834. The molecule has 0 radical (unpaired) electrons. The zero-order chi connectivity index (χ0) is 22.9. The van der Waals surface area contributed by atoms with Crippen LogP contribution in [-0.2, 0) is 6.54 Å². The molecule has 0 saturated heterocycles. The highest BCUT2D eigenvalue weighted by molar-refractivity contribution is 6.30. The van der Waals surface area contributed by atoms with Gasteiger partial charge in [-0.2, -0.15) is 5.10 Å². The predicted octanol–water partition coefficient (Wildman–Crippen LogP) is 7.26. The van der Waals surface area contributed by atoms with Gasteiger partial charge in [0.2, 0.25) is 0 Å². The third-order valence-corrected chi connectivity index (χ3v) is 6.18. The molecule has 0 aliphatic heterocycles. The average Bonchev–Trinajstić information content (AvgIpc) is 3.48. The van der Waals surface area contributed by atoms with Crippen LogP contribution in [0.5, 0.6) is 0 Å². The monoisotopic (exact) mass is 460 g/mol. The molecule has 0 unspecified atom stereocenters. The molecule has 164 valence electrons. The second kappa shape index (κ2) is 8.65. The first kappa shape index (κ1) is 20.5. The zero-order valence-electron chi connectivity index (χ0n) is 18.3. The number of rotatable bonds is 5. The summed E-state index contributed by atoms with van der Waals surface area (Å²) in [6.07, 6.45) is 2.07. The van der Waals surface area contributed by atoms with Crippen molar-refractivity contribution in [2.24, 2.45) is 0 Å². The molecule has 34 heavy (non-hydrogen) atoms. The molecule has 5 heteroatoms. The molecular formula is C29H21ClN4. The molecule has 0 fully saturated rings. The zero-order valence-corrected chi connectivity index (χ0v) is 19.1. The van der Waals surface area contributed by atoms with Gasteiger partial charge in [0.1, 0.15) is 11.5 Å². The van der Waals surface area contributed by atoms with E-state index in [2.05, 4.69) is 65.4 Å². The third kappa shape index (κ3) is 3.78. The summed E-state index contributed by atoms with van der Waals surface area (Å²) in [6, 6.07) is 36.7. The molecule has 0 spiro atoms. The van der Waals surface area contributed by atoms with Crippen molar-refractivity contribution in [3.8, 4) is 28.3 Å². The van der Waals surface area contributed by atoms with E-state index in [1.807, 2.05) is 59.3 Å². The number of nitrogens with zero attached hydrogens (tertiary/aromatic N) is 4. The molecule has 4 aromatic carbocycles. The lowest BCUT2D eigenvalue weighted by Crippen LogP contribution is -2.02. The number of fused-ring (bicyclic) bond motifs is 1. The van der Waals surface area contributed by atoms with E-state index in [-0.39, 0.29) is 0 Å². The van der Waals surface area contributed by atoms with E-state index in [0.717, 1.165) is 39.4 Å². The van der Waals surface area contributed by atoms with Crippen molar-refractivity contribution in [2.45, 2.75) is 6.54 Å². The van der Waals surface area contributed by atoms with Gasteiger partial charge in [-0.1, -0.05) is 84.4 Å². The molecule has 0 N–H and O–H groups in total. The Hall–Kier alpha value is -4.15. The minimum absolute atomic E-state index is 0.698. The first-order valence-electron chi connectivity index (χ1n) is 11.2. The van der Waals surface area contributed by atoms with Crippen LogP contribution in [-0.4, -0.2) is 19.3 Å². The highest BCUT2D eigenvalue weighted by Gasteiger charge is 2.21. The summed E-state index contributed by atoms with van der Waals surface area (Å²) in [5.41, 5.74) is 7.10.